The van der Waals surface area contributed by atoms with E-state index in [-0.39, 0.29) is 24.0 Å². The number of pyridine rings is 1. The molecule has 0 atom stereocenters. The molecule has 3 aromatic rings. The minimum absolute atomic E-state index is 0.0697. The molecule has 0 saturated heterocycles. The molecule has 0 unspecified atom stereocenters. The average molecular weight is 465 g/mol. The molecular formula is C24H24N4O4S. The number of benzene rings is 1. The zero-order valence-electron chi connectivity index (χ0n) is 18.2. The van der Waals surface area contributed by atoms with E-state index < -0.39 is 5.97 Å². The molecule has 0 spiro atoms. The van der Waals surface area contributed by atoms with Crippen molar-refractivity contribution in [2.24, 2.45) is 0 Å². The Morgan fingerprint density at radius 3 is 2.76 bits per heavy atom. The summed E-state index contributed by atoms with van der Waals surface area (Å²) in [5.74, 6) is -0.708. The number of thioether (sulfide) groups is 1. The van der Waals surface area contributed by atoms with Gasteiger partial charge in [-0.1, -0.05) is 30.0 Å². The first-order chi connectivity index (χ1) is 16.1. The van der Waals surface area contributed by atoms with Gasteiger partial charge in [-0.3, -0.25) is 14.3 Å². The van der Waals surface area contributed by atoms with E-state index in [2.05, 4.69) is 15.3 Å². The highest BCUT2D eigenvalue weighted by Gasteiger charge is 2.23. The van der Waals surface area contributed by atoms with Gasteiger partial charge in [-0.2, -0.15) is 4.98 Å². The van der Waals surface area contributed by atoms with Crippen molar-refractivity contribution in [2.45, 2.75) is 37.8 Å². The van der Waals surface area contributed by atoms with E-state index in [1.54, 1.807) is 42.0 Å². The fourth-order valence-electron chi connectivity index (χ4n) is 3.82. The summed E-state index contributed by atoms with van der Waals surface area (Å²) in [7, 11) is 0. The number of amides is 1. The number of fused-ring (bicyclic) bond motifs is 1. The third-order valence-corrected chi connectivity index (χ3v) is 6.30. The SMILES string of the molecule is CCOC(=O)c1ccccc1NC(=O)CSc1nc(=O)n(Cc2ccccn2)c2c1CCC2. The Hall–Kier alpha value is -3.46. The van der Waals surface area contributed by atoms with Gasteiger partial charge in [0, 0.05) is 17.5 Å². The van der Waals surface area contributed by atoms with Crippen LogP contribution in [0.25, 0.3) is 0 Å². The molecule has 0 fully saturated rings. The standard InChI is InChI=1S/C24H24N4O4S/c1-2-32-23(30)17-9-3-4-11-19(17)26-21(29)15-33-22-18-10-7-12-20(18)28(24(31)27-22)14-16-8-5-6-13-25-16/h3-6,8-9,11,13H,2,7,10,12,14-15H2,1H3,(H,26,29). The summed E-state index contributed by atoms with van der Waals surface area (Å²) < 4.78 is 6.73. The van der Waals surface area contributed by atoms with Gasteiger partial charge in [-0.15, -0.1) is 0 Å². The van der Waals surface area contributed by atoms with Crippen LogP contribution in [0.5, 0.6) is 0 Å². The predicted octanol–water partition coefficient (Wildman–Crippen LogP) is 3.08. The van der Waals surface area contributed by atoms with Crippen LogP contribution in [0.3, 0.4) is 0 Å². The van der Waals surface area contributed by atoms with Gasteiger partial charge in [0.1, 0.15) is 5.03 Å². The molecule has 1 aliphatic rings. The number of nitrogens with zero attached hydrogens (tertiary/aromatic N) is 3. The van der Waals surface area contributed by atoms with Gasteiger partial charge >= 0.3 is 11.7 Å². The third kappa shape index (κ3) is 5.31. The maximum Gasteiger partial charge on any atom is 0.349 e. The van der Waals surface area contributed by atoms with E-state index in [4.69, 9.17) is 4.74 Å². The first-order valence-electron chi connectivity index (χ1n) is 10.8. The minimum Gasteiger partial charge on any atom is -0.462 e. The Bertz CT molecular complexity index is 1230. The smallest absolute Gasteiger partial charge is 0.349 e. The van der Waals surface area contributed by atoms with E-state index in [1.807, 2.05) is 18.2 Å². The molecule has 1 N–H and O–H groups in total. The van der Waals surface area contributed by atoms with Crippen molar-refractivity contribution in [2.75, 3.05) is 17.7 Å². The van der Waals surface area contributed by atoms with Gasteiger partial charge in [0.25, 0.3) is 0 Å². The number of aromatic nitrogens is 3. The Labute approximate surface area is 195 Å². The van der Waals surface area contributed by atoms with Crippen molar-refractivity contribution in [3.63, 3.8) is 0 Å². The Morgan fingerprint density at radius 2 is 1.97 bits per heavy atom. The van der Waals surface area contributed by atoms with Gasteiger partial charge in [0.2, 0.25) is 5.91 Å². The Morgan fingerprint density at radius 1 is 1.15 bits per heavy atom. The maximum absolute atomic E-state index is 12.8. The first kappa shape index (κ1) is 22.7. The lowest BCUT2D eigenvalue weighted by Gasteiger charge is -2.14. The van der Waals surface area contributed by atoms with Crippen LogP contribution in [-0.2, 0) is 28.9 Å². The van der Waals surface area contributed by atoms with Crippen LogP contribution in [-0.4, -0.2) is 38.8 Å². The molecule has 1 aliphatic carbocycles. The Balaban J connectivity index is 1.48. The number of rotatable bonds is 8. The van der Waals surface area contributed by atoms with Crippen LogP contribution >= 0.6 is 11.8 Å². The lowest BCUT2D eigenvalue weighted by molar-refractivity contribution is -0.113. The lowest BCUT2D eigenvalue weighted by atomic mass is 10.2. The summed E-state index contributed by atoms with van der Waals surface area (Å²) in [5.41, 5.74) is 3.15. The number of ether oxygens (including phenoxy) is 1. The summed E-state index contributed by atoms with van der Waals surface area (Å²) in [6.45, 7) is 2.36. The summed E-state index contributed by atoms with van der Waals surface area (Å²) >= 11 is 1.24. The molecule has 1 amide bonds. The normalized spacial score (nSPS) is 12.3. The molecule has 2 heterocycles. The molecule has 0 radical (unpaired) electrons. The number of carbonyl (C=O) groups excluding carboxylic acids is 2. The van der Waals surface area contributed by atoms with Gasteiger partial charge in [0.05, 0.1) is 35.8 Å². The number of para-hydroxylation sites is 1. The molecule has 170 valence electrons. The first-order valence-corrected chi connectivity index (χ1v) is 11.8. The van der Waals surface area contributed by atoms with Crippen LogP contribution in [0.2, 0.25) is 0 Å². The van der Waals surface area contributed by atoms with E-state index in [0.717, 1.165) is 36.2 Å². The number of hydrogen-bond acceptors (Lipinski definition) is 7. The second kappa shape index (κ2) is 10.4. The average Bonchev–Trinajstić information content (AvgIpc) is 3.31. The van der Waals surface area contributed by atoms with E-state index in [9.17, 15) is 14.4 Å². The highest BCUT2D eigenvalue weighted by molar-refractivity contribution is 8.00. The van der Waals surface area contributed by atoms with Gasteiger partial charge in [-0.25, -0.2) is 9.59 Å². The topological polar surface area (TPSA) is 103 Å². The molecule has 9 heteroatoms. The third-order valence-electron chi connectivity index (χ3n) is 5.28. The molecule has 8 nitrogen and oxygen atoms in total. The van der Waals surface area contributed by atoms with Gasteiger partial charge in [-0.05, 0) is 50.5 Å². The Kier molecular flexibility index (Phi) is 7.19. The monoisotopic (exact) mass is 464 g/mol. The number of carbonyl (C=O) groups is 2. The van der Waals surface area contributed by atoms with Crippen molar-refractivity contribution in [3.05, 3.63) is 81.7 Å². The second-order valence-corrected chi connectivity index (χ2v) is 8.45. The lowest BCUT2D eigenvalue weighted by Crippen LogP contribution is -2.28. The molecule has 0 bridgehead atoms. The number of anilines is 1. The van der Waals surface area contributed by atoms with E-state index >= 15 is 0 Å². The van der Waals surface area contributed by atoms with E-state index in [0.29, 0.717) is 22.8 Å². The molecule has 4 rings (SSSR count). The van der Waals surface area contributed by atoms with Crippen molar-refractivity contribution in [1.29, 1.82) is 0 Å². The fourth-order valence-corrected chi connectivity index (χ4v) is 4.70. The minimum atomic E-state index is -0.489. The van der Waals surface area contributed by atoms with Crippen molar-refractivity contribution >= 4 is 29.3 Å². The van der Waals surface area contributed by atoms with Crippen LogP contribution in [0.15, 0.2) is 58.5 Å². The summed E-state index contributed by atoms with van der Waals surface area (Å²) in [6.07, 6.45) is 4.26. The van der Waals surface area contributed by atoms with E-state index in [1.165, 1.54) is 11.8 Å². The highest BCUT2D eigenvalue weighted by atomic mass is 32.2. The second-order valence-electron chi connectivity index (χ2n) is 7.49. The summed E-state index contributed by atoms with van der Waals surface area (Å²) in [6, 6.07) is 12.3. The summed E-state index contributed by atoms with van der Waals surface area (Å²) in [5, 5.41) is 3.36. The zero-order valence-corrected chi connectivity index (χ0v) is 19.1. The number of esters is 1. The molecule has 1 aromatic carbocycles. The van der Waals surface area contributed by atoms with Crippen LogP contribution in [0.1, 0.15) is 40.7 Å². The largest absolute Gasteiger partial charge is 0.462 e. The number of hydrogen-bond donors (Lipinski definition) is 1. The van der Waals surface area contributed by atoms with Crippen LogP contribution in [0, 0.1) is 0 Å². The van der Waals surface area contributed by atoms with Crippen molar-refractivity contribution in [3.8, 4) is 0 Å². The number of nitrogens with one attached hydrogen (secondary N) is 1. The van der Waals surface area contributed by atoms with Crippen LogP contribution in [0.4, 0.5) is 5.69 Å². The molecule has 0 saturated carbocycles. The maximum atomic E-state index is 12.8. The highest BCUT2D eigenvalue weighted by Crippen LogP contribution is 2.29. The van der Waals surface area contributed by atoms with Crippen LogP contribution < -0.4 is 11.0 Å². The quantitative estimate of drug-likeness (QED) is 0.310. The molecule has 2 aromatic heterocycles. The molecule has 0 aliphatic heterocycles. The summed E-state index contributed by atoms with van der Waals surface area (Å²) in [4.78, 5) is 46.1. The van der Waals surface area contributed by atoms with Gasteiger partial charge < -0.3 is 10.1 Å². The zero-order chi connectivity index (χ0) is 23.2. The van der Waals surface area contributed by atoms with Crippen molar-refractivity contribution < 1.29 is 14.3 Å². The van der Waals surface area contributed by atoms with Crippen molar-refractivity contribution in [1.82, 2.24) is 14.5 Å². The van der Waals surface area contributed by atoms with Gasteiger partial charge in [0.15, 0.2) is 0 Å². The predicted molar refractivity (Wildman–Crippen MR) is 126 cm³/mol. The molecule has 33 heavy (non-hydrogen) atoms. The fraction of sp³-hybridized carbons (Fsp3) is 0.292. The molecular weight excluding hydrogens is 440 g/mol.